The van der Waals surface area contributed by atoms with Gasteiger partial charge in [-0.1, -0.05) is 24.6 Å². The number of hydrogen-bond acceptors (Lipinski definition) is 4. The molecule has 0 saturated heterocycles. The third-order valence-corrected chi connectivity index (χ3v) is 4.17. The highest BCUT2D eigenvalue weighted by Gasteiger charge is 2.38. The first-order valence-electron chi connectivity index (χ1n) is 7.64. The molecule has 0 bridgehead atoms. The molecule has 1 aromatic rings. The van der Waals surface area contributed by atoms with Crippen LogP contribution in [-0.2, 0) is 25.4 Å². The second-order valence-corrected chi connectivity index (χ2v) is 5.60. The maximum Gasteiger partial charge on any atom is 0.335 e. The van der Waals surface area contributed by atoms with Crippen LogP contribution in [0.1, 0.15) is 37.7 Å². The van der Waals surface area contributed by atoms with Gasteiger partial charge in [0.2, 0.25) is 0 Å². The van der Waals surface area contributed by atoms with Crippen LogP contribution in [0.25, 0.3) is 0 Å². The van der Waals surface area contributed by atoms with Crippen LogP contribution >= 0.6 is 0 Å². The number of hydrogen-bond donors (Lipinski definition) is 0. The van der Waals surface area contributed by atoms with E-state index in [0.29, 0.717) is 5.56 Å². The van der Waals surface area contributed by atoms with Crippen LogP contribution < -0.4 is 0 Å². The van der Waals surface area contributed by atoms with Crippen LogP contribution in [0.4, 0.5) is 4.39 Å². The lowest BCUT2D eigenvalue weighted by Crippen LogP contribution is -2.44. The minimum Gasteiger partial charge on any atom is -0.467 e. The molecule has 5 heteroatoms. The molecular weight excluding hydrogens is 287 g/mol. The summed E-state index contributed by atoms with van der Waals surface area (Å²) < 4.78 is 30.2. The highest BCUT2D eigenvalue weighted by molar-refractivity contribution is 5.75. The Labute approximate surface area is 130 Å². The van der Waals surface area contributed by atoms with Crippen LogP contribution in [0.2, 0.25) is 0 Å². The Kier molecular flexibility index (Phi) is 5.91. The average molecular weight is 310 g/mol. The van der Waals surface area contributed by atoms with Gasteiger partial charge >= 0.3 is 5.97 Å². The van der Waals surface area contributed by atoms with Gasteiger partial charge in [-0.3, -0.25) is 0 Å². The summed E-state index contributed by atoms with van der Waals surface area (Å²) in [6.07, 6.45) is 3.82. The molecule has 1 atom stereocenters. The first kappa shape index (κ1) is 16.9. The molecule has 1 saturated carbocycles. The van der Waals surface area contributed by atoms with Crippen molar-refractivity contribution >= 4 is 5.97 Å². The predicted octanol–water partition coefficient (Wildman–Crippen LogP) is 3.23. The number of carbonyl (C=O) groups is 1. The van der Waals surface area contributed by atoms with Gasteiger partial charge in [-0.05, 0) is 24.5 Å². The lowest BCUT2D eigenvalue weighted by molar-refractivity contribution is -0.261. The number of rotatable bonds is 6. The third kappa shape index (κ3) is 4.05. The molecule has 1 aliphatic carbocycles. The van der Waals surface area contributed by atoms with E-state index in [-0.39, 0.29) is 12.2 Å². The zero-order chi connectivity index (χ0) is 16.0. The Balaban J connectivity index is 2.15. The van der Waals surface area contributed by atoms with E-state index in [1.807, 2.05) is 0 Å². The van der Waals surface area contributed by atoms with Crippen LogP contribution in [0, 0.1) is 5.82 Å². The molecule has 1 unspecified atom stereocenters. The first-order chi connectivity index (χ1) is 10.6. The predicted molar refractivity (Wildman–Crippen MR) is 79.8 cm³/mol. The summed E-state index contributed by atoms with van der Waals surface area (Å²) in [5, 5.41) is 0. The van der Waals surface area contributed by atoms with Crippen molar-refractivity contribution in [3.05, 3.63) is 35.6 Å². The molecule has 0 spiro atoms. The van der Waals surface area contributed by atoms with Crippen LogP contribution in [-0.4, -0.2) is 32.1 Å². The zero-order valence-corrected chi connectivity index (χ0v) is 13.1. The fourth-order valence-corrected chi connectivity index (χ4v) is 2.89. The van der Waals surface area contributed by atoms with Crippen molar-refractivity contribution in [2.75, 3.05) is 14.2 Å². The summed E-state index contributed by atoms with van der Waals surface area (Å²) in [4.78, 5) is 12.0. The van der Waals surface area contributed by atoms with Gasteiger partial charge in [0.15, 0.2) is 11.9 Å². The van der Waals surface area contributed by atoms with Crippen LogP contribution in [0.5, 0.6) is 0 Å². The SMILES string of the molecule is COC(=O)C(Cc1ccccc1F)OC1(OC)CCCCC1. The highest BCUT2D eigenvalue weighted by Crippen LogP contribution is 2.34. The van der Waals surface area contributed by atoms with Crippen molar-refractivity contribution in [2.24, 2.45) is 0 Å². The van der Waals surface area contributed by atoms with Gasteiger partial charge < -0.3 is 14.2 Å². The maximum absolute atomic E-state index is 13.8. The van der Waals surface area contributed by atoms with E-state index in [2.05, 4.69) is 0 Å². The number of halogens is 1. The number of benzene rings is 1. The zero-order valence-electron chi connectivity index (χ0n) is 13.1. The quantitative estimate of drug-likeness (QED) is 0.598. The summed E-state index contributed by atoms with van der Waals surface area (Å²) in [5.41, 5.74) is 0.431. The Bertz CT molecular complexity index is 497. The van der Waals surface area contributed by atoms with E-state index >= 15 is 0 Å². The Morgan fingerprint density at radius 3 is 2.50 bits per heavy atom. The van der Waals surface area contributed by atoms with Crippen molar-refractivity contribution in [1.82, 2.24) is 0 Å². The normalized spacial score (nSPS) is 18.7. The van der Waals surface area contributed by atoms with E-state index in [1.54, 1.807) is 25.3 Å². The van der Waals surface area contributed by atoms with Crippen LogP contribution in [0.3, 0.4) is 0 Å². The molecule has 122 valence electrons. The standard InChI is InChI=1S/C17H23FO4/c1-20-16(19)15(12-13-8-4-5-9-14(13)18)22-17(21-2)10-6-3-7-11-17/h4-5,8-9,15H,3,6-7,10-12H2,1-2H3. The fraction of sp³-hybridized carbons (Fsp3) is 0.588. The van der Waals surface area contributed by atoms with E-state index in [0.717, 1.165) is 32.1 Å². The molecule has 22 heavy (non-hydrogen) atoms. The van der Waals surface area contributed by atoms with Crippen molar-refractivity contribution in [1.29, 1.82) is 0 Å². The molecular formula is C17H23FO4. The number of esters is 1. The Morgan fingerprint density at radius 1 is 1.23 bits per heavy atom. The van der Waals surface area contributed by atoms with Gasteiger partial charge in [-0.25, -0.2) is 9.18 Å². The summed E-state index contributed by atoms with van der Waals surface area (Å²) in [6, 6.07) is 6.37. The van der Waals surface area contributed by atoms with Crippen molar-refractivity contribution in [3.63, 3.8) is 0 Å². The number of carbonyl (C=O) groups excluding carboxylic acids is 1. The monoisotopic (exact) mass is 310 g/mol. The van der Waals surface area contributed by atoms with E-state index < -0.39 is 17.9 Å². The summed E-state index contributed by atoms with van der Waals surface area (Å²) in [5.74, 6) is -1.64. The van der Waals surface area contributed by atoms with Gasteiger partial charge in [0, 0.05) is 26.4 Å². The lowest BCUT2D eigenvalue weighted by atomic mass is 9.93. The third-order valence-electron chi connectivity index (χ3n) is 4.17. The van der Waals surface area contributed by atoms with Gasteiger partial charge in [-0.2, -0.15) is 0 Å². The molecule has 0 aliphatic heterocycles. The molecule has 0 N–H and O–H groups in total. The Morgan fingerprint density at radius 2 is 1.91 bits per heavy atom. The Hall–Kier alpha value is -1.46. The summed E-state index contributed by atoms with van der Waals surface area (Å²) >= 11 is 0. The van der Waals surface area contributed by atoms with Gasteiger partial charge in [0.1, 0.15) is 5.82 Å². The number of methoxy groups -OCH3 is 2. The fourth-order valence-electron chi connectivity index (χ4n) is 2.89. The maximum atomic E-state index is 13.8. The minimum atomic E-state index is -0.875. The molecule has 2 rings (SSSR count). The minimum absolute atomic E-state index is 0.129. The molecule has 0 heterocycles. The highest BCUT2D eigenvalue weighted by atomic mass is 19.1. The summed E-state index contributed by atoms with van der Waals surface area (Å²) in [6.45, 7) is 0. The van der Waals surface area contributed by atoms with Crippen molar-refractivity contribution < 1.29 is 23.4 Å². The van der Waals surface area contributed by atoms with E-state index in [9.17, 15) is 9.18 Å². The van der Waals surface area contributed by atoms with Crippen molar-refractivity contribution in [3.8, 4) is 0 Å². The topological polar surface area (TPSA) is 44.8 Å². The molecule has 0 aromatic heterocycles. The second kappa shape index (κ2) is 7.70. The summed E-state index contributed by atoms with van der Waals surface area (Å²) in [7, 11) is 2.89. The second-order valence-electron chi connectivity index (χ2n) is 5.60. The van der Waals surface area contributed by atoms with E-state index in [4.69, 9.17) is 14.2 Å². The number of ether oxygens (including phenoxy) is 3. The first-order valence-corrected chi connectivity index (χ1v) is 7.64. The van der Waals surface area contributed by atoms with Crippen molar-refractivity contribution in [2.45, 2.75) is 50.4 Å². The van der Waals surface area contributed by atoms with Gasteiger partial charge in [-0.15, -0.1) is 0 Å². The van der Waals surface area contributed by atoms with Gasteiger partial charge in [0.05, 0.1) is 7.11 Å². The molecule has 1 aliphatic rings. The molecule has 0 amide bonds. The smallest absolute Gasteiger partial charge is 0.335 e. The van der Waals surface area contributed by atoms with Crippen LogP contribution in [0.15, 0.2) is 24.3 Å². The molecule has 4 nitrogen and oxygen atoms in total. The lowest BCUT2D eigenvalue weighted by Gasteiger charge is -2.38. The largest absolute Gasteiger partial charge is 0.467 e. The van der Waals surface area contributed by atoms with E-state index in [1.165, 1.54) is 13.2 Å². The average Bonchev–Trinajstić information content (AvgIpc) is 2.56. The molecule has 1 aromatic carbocycles. The van der Waals surface area contributed by atoms with Gasteiger partial charge in [0.25, 0.3) is 0 Å². The molecule has 0 radical (unpaired) electrons. The molecule has 1 fully saturated rings.